The van der Waals surface area contributed by atoms with Gasteiger partial charge in [0.25, 0.3) is 5.91 Å². The van der Waals surface area contributed by atoms with Crippen LogP contribution < -0.4 is 0 Å². The van der Waals surface area contributed by atoms with E-state index < -0.39 is 0 Å². The Kier molecular flexibility index (Phi) is 5.17. The van der Waals surface area contributed by atoms with Crippen LogP contribution in [0.1, 0.15) is 23.3 Å². The van der Waals surface area contributed by atoms with Crippen LogP contribution in [-0.2, 0) is 18.3 Å². The molecule has 0 saturated carbocycles. The van der Waals surface area contributed by atoms with E-state index in [4.69, 9.17) is 4.74 Å². The van der Waals surface area contributed by atoms with Crippen LogP contribution in [0, 0.1) is 0 Å². The van der Waals surface area contributed by atoms with Crippen molar-refractivity contribution in [3.8, 4) is 0 Å². The number of piperidine rings is 1. The van der Waals surface area contributed by atoms with E-state index in [-0.39, 0.29) is 5.91 Å². The van der Waals surface area contributed by atoms with Gasteiger partial charge in [-0.15, -0.1) is 0 Å². The van der Waals surface area contributed by atoms with Gasteiger partial charge in [0, 0.05) is 45.2 Å². The van der Waals surface area contributed by atoms with Crippen molar-refractivity contribution in [2.24, 2.45) is 7.05 Å². The van der Waals surface area contributed by atoms with Crippen LogP contribution in [-0.4, -0.2) is 71.8 Å². The molecule has 2 aromatic heterocycles. The predicted molar refractivity (Wildman–Crippen MR) is 113 cm³/mol. The number of para-hydroxylation sites is 1. The number of hydrogen-bond acceptors (Lipinski definition) is 3. The number of aromatic nitrogens is 2. The van der Waals surface area contributed by atoms with E-state index in [1.165, 1.54) is 10.9 Å². The zero-order valence-electron chi connectivity index (χ0n) is 17.3. The number of ether oxygens (including phenoxy) is 1. The second-order valence-corrected chi connectivity index (χ2v) is 7.97. The van der Waals surface area contributed by atoms with Crippen molar-refractivity contribution in [3.05, 3.63) is 36.0 Å². The average molecular weight is 383 g/mol. The van der Waals surface area contributed by atoms with Crippen molar-refractivity contribution in [2.45, 2.75) is 25.4 Å². The second kappa shape index (κ2) is 7.60. The molecule has 4 rings (SSSR count). The van der Waals surface area contributed by atoms with Crippen molar-refractivity contribution < 1.29 is 9.53 Å². The number of carbonyl (C=O) groups excluding carboxylic acids is 1. The SMILES string of the molecule is COCCn1c(C(=O)N2CCC(N(C)C)CC2)cc2c1c1ccccc1n2C. The third kappa shape index (κ3) is 3.10. The first-order chi connectivity index (χ1) is 13.5. The van der Waals surface area contributed by atoms with Gasteiger partial charge in [-0.2, -0.15) is 0 Å². The number of fused-ring (bicyclic) bond motifs is 3. The number of likely N-dealkylation sites (tertiary alicyclic amines) is 1. The Morgan fingerprint density at radius 1 is 1.18 bits per heavy atom. The minimum atomic E-state index is 0.133. The molecule has 6 nitrogen and oxygen atoms in total. The monoisotopic (exact) mass is 382 g/mol. The summed E-state index contributed by atoms with van der Waals surface area (Å²) < 4.78 is 9.68. The number of hydrogen-bond donors (Lipinski definition) is 0. The summed E-state index contributed by atoms with van der Waals surface area (Å²) >= 11 is 0. The van der Waals surface area contributed by atoms with Crippen LogP contribution in [0.5, 0.6) is 0 Å². The van der Waals surface area contributed by atoms with Gasteiger partial charge in [0.15, 0.2) is 0 Å². The Hall–Kier alpha value is -2.31. The summed E-state index contributed by atoms with van der Waals surface area (Å²) in [6, 6.07) is 11.0. The highest BCUT2D eigenvalue weighted by atomic mass is 16.5. The number of rotatable bonds is 5. The first-order valence-corrected chi connectivity index (χ1v) is 10.0. The van der Waals surface area contributed by atoms with Crippen molar-refractivity contribution in [3.63, 3.8) is 0 Å². The predicted octanol–water partition coefficient (Wildman–Crippen LogP) is 2.95. The third-order valence-electron chi connectivity index (χ3n) is 6.18. The zero-order valence-corrected chi connectivity index (χ0v) is 17.3. The summed E-state index contributed by atoms with van der Waals surface area (Å²) in [4.78, 5) is 17.7. The number of nitrogens with zero attached hydrogens (tertiary/aromatic N) is 4. The zero-order chi connectivity index (χ0) is 19.8. The van der Waals surface area contributed by atoms with E-state index in [0.717, 1.165) is 42.7 Å². The number of benzene rings is 1. The van der Waals surface area contributed by atoms with Gasteiger partial charge in [0.1, 0.15) is 5.69 Å². The van der Waals surface area contributed by atoms with E-state index in [1.807, 2.05) is 4.90 Å². The molecule has 0 spiro atoms. The van der Waals surface area contributed by atoms with Crippen LogP contribution >= 0.6 is 0 Å². The smallest absolute Gasteiger partial charge is 0.270 e. The molecule has 1 amide bonds. The lowest BCUT2D eigenvalue weighted by Crippen LogP contribution is -2.45. The minimum absolute atomic E-state index is 0.133. The summed E-state index contributed by atoms with van der Waals surface area (Å²) in [7, 11) is 8.02. The van der Waals surface area contributed by atoms with Gasteiger partial charge in [0.2, 0.25) is 0 Å². The number of carbonyl (C=O) groups is 1. The summed E-state index contributed by atoms with van der Waals surface area (Å²) in [6.45, 7) is 2.88. The van der Waals surface area contributed by atoms with Gasteiger partial charge in [0.05, 0.1) is 23.2 Å². The van der Waals surface area contributed by atoms with Crippen LogP contribution in [0.2, 0.25) is 0 Å². The molecule has 0 unspecified atom stereocenters. The molecule has 150 valence electrons. The largest absolute Gasteiger partial charge is 0.383 e. The molecule has 1 saturated heterocycles. The van der Waals surface area contributed by atoms with Gasteiger partial charge in [-0.3, -0.25) is 4.79 Å². The first-order valence-electron chi connectivity index (χ1n) is 10.0. The third-order valence-corrected chi connectivity index (χ3v) is 6.18. The summed E-state index contributed by atoms with van der Waals surface area (Å²) in [6.07, 6.45) is 2.06. The lowest BCUT2D eigenvalue weighted by molar-refractivity contribution is 0.0651. The van der Waals surface area contributed by atoms with Crippen LogP contribution in [0.25, 0.3) is 21.9 Å². The number of amides is 1. The normalized spacial score (nSPS) is 16.0. The molecular formula is C22H30N4O2. The summed E-state index contributed by atoms with van der Waals surface area (Å²) in [5, 5.41) is 1.18. The van der Waals surface area contributed by atoms with Crippen molar-refractivity contribution in [1.82, 2.24) is 18.9 Å². The molecule has 1 aliphatic rings. The molecule has 28 heavy (non-hydrogen) atoms. The van der Waals surface area contributed by atoms with E-state index in [0.29, 0.717) is 19.2 Å². The Balaban J connectivity index is 1.74. The Labute approximate surface area is 166 Å². The quantitative estimate of drug-likeness (QED) is 0.681. The van der Waals surface area contributed by atoms with E-state index in [9.17, 15) is 4.79 Å². The Morgan fingerprint density at radius 3 is 2.57 bits per heavy atom. The molecule has 1 aliphatic heterocycles. The van der Waals surface area contributed by atoms with Gasteiger partial charge in [-0.25, -0.2) is 0 Å². The van der Waals surface area contributed by atoms with Crippen molar-refractivity contribution in [2.75, 3.05) is 40.9 Å². The van der Waals surface area contributed by atoms with Crippen molar-refractivity contribution in [1.29, 1.82) is 0 Å². The lowest BCUT2D eigenvalue weighted by atomic mass is 10.0. The summed E-state index contributed by atoms with van der Waals surface area (Å²) in [5.41, 5.74) is 4.18. The maximum atomic E-state index is 13.4. The van der Waals surface area contributed by atoms with Gasteiger partial charge >= 0.3 is 0 Å². The first kappa shape index (κ1) is 19.0. The molecule has 1 aromatic carbocycles. The Morgan fingerprint density at radius 2 is 1.89 bits per heavy atom. The molecule has 6 heteroatoms. The average Bonchev–Trinajstić information content (AvgIpc) is 3.22. The van der Waals surface area contributed by atoms with E-state index in [1.54, 1.807) is 7.11 Å². The number of methoxy groups -OCH3 is 1. The van der Waals surface area contributed by atoms with Crippen LogP contribution in [0.4, 0.5) is 0 Å². The highest BCUT2D eigenvalue weighted by Crippen LogP contribution is 2.32. The summed E-state index contributed by atoms with van der Waals surface area (Å²) in [5.74, 6) is 0.133. The fourth-order valence-corrected chi connectivity index (χ4v) is 4.51. The van der Waals surface area contributed by atoms with Crippen LogP contribution in [0.15, 0.2) is 30.3 Å². The number of aryl methyl sites for hydroxylation is 1. The molecule has 3 heterocycles. The highest BCUT2D eigenvalue weighted by Gasteiger charge is 2.28. The molecule has 0 bridgehead atoms. The van der Waals surface area contributed by atoms with E-state index >= 15 is 0 Å². The molecular weight excluding hydrogens is 352 g/mol. The molecule has 3 aromatic rings. The fourth-order valence-electron chi connectivity index (χ4n) is 4.51. The molecule has 0 radical (unpaired) electrons. The maximum Gasteiger partial charge on any atom is 0.270 e. The fraction of sp³-hybridized carbons (Fsp3) is 0.500. The minimum Gasteiger partial charge on any atom is -0.383 e. The van der Waals surface area contributed by atoms with E-state index in [2.05, 4.69) is 65.5 Å². The van der Waals surface area contributed by atoms with Crippen molar-refractivity contribution >= 4 is 27.8 Å². The molecule has 0 N–H and O–H groups in total. The lowest BCUT2D eigenvalue weighted by Gasteiger charge is -2.35. The topological polar surface area (TPSA) is 42.6 Å². The van der Waals surface area contributed by atoms with Gasteiger partial charge in [-0.05, 0) is 39.1 Å². The van der Waals surface area contributed by atoms with Crippen LogP contribution in [0.3, 0.4) is 0 Å². The standard InChI is InChI=1S/C22H30N4O2/c1-23(2)16-9-11-25(12-10-16)22(27)20-15-19-21(26(20)13-14-28-4)17-7-5-6-8-18(17)24(19)3/h5-8,15-16H,9-14H2,1-4H3. The molecule has 0 atom stereocenters. The van der Waals surface area contributed by atoms with Gasteiger partial charge < -0.3 is 23.7 Å². The maximum absolute atomic E-state index is 13.4. The second-order valence-electron chi connectivity index (χ2n) is 7.97. The highest BCUT2D eigenvalue weighted by molar-refractivity contribution is 6.10. The molecule has 1 fully saturated rings. The van der Waals surface area contributed by atoms with Gasteiger partial charge in [-0.1, -0.05) is 18.2 Å². The Bertz CT molecular complexity index is 993. The molecule has 0 aliphatic carbocycles.